The molecule has 6 heteroatoms. The number of aliphatic hydroxyl groups is 1. The van der Waals surface area contributed by atoms with E-state index in [1.54, 1.807) is 0 Å². The van der Waals surface area contributed by atoms with Crippen LogP contribution in [0.15, 0.2) is 24.3 Å². The second-order valence-corrected chi connectivity index (χ2v) is 8.18. The topological polar surface area (TPSA) is 65.6 Å². The van der Waals surface area contributed by atoms with Crippen LogP contribution in [0.4, 0.5) is 0 Å². The summed E-state index contributed by atoms with van der Waals surface area (Å²) in [5, 5.41) is 11.8. The SMILES string of the molecule is COC(=O)[C@@H]1[C@H]2C[C@@H]3c4[nH]c5ccccc5c4CCN3C[C@H]2CC[C@@H]1O.Cl. The zero-order chi connectivity index (χ0) is 17.8. The number of halogens is 1. The Hall–Kier alpha value is -1.56. The number of aromatic amines is 1. The highest BCUT2D eigenvalue weighted by atomic mass is 35.5. The molecular weight excluding hydrogens is 364 g/mol. The molecule has 27 heavy (non-hydrogen) atoms. The number of para-hydroxylation sites is 1. The molecule has 5 atom stereocenters. The number of benzene rings is 1. The van der Waals surface area contributed by atoms with Gasteiger partial charge in [0.1, 0.15) is 0 Å². The van der Waals surface area contributed by atoms with Gasteiger partial charge in [0.15, 0.2) is 0 Å². The summed E-state index contributed by atoms with van der Waals surface area (Å²) < 4.78 is 5.04. The van der Waals surface area contributed by atoms with Crippen molar-refractivity contribution in [3.05, 3.63) is 35.5 Å². The fourth-order valence-corrected chi connectivity index (χ4v) is 5.80. The first-order chi connectivity index (χ1) is 12.7. The monoisotopic (exact) mass is 390 g/mol. The Morgan fingerprint density at radius 1 is 1.30 bits per heavy atom. The fourth-order valence-electron chi connectivity index (χ4n) is 5.80. The van der Waals surface area contributed by atoms with Gasteiger partial charge in [0.25, 0.3) is 0 Å². The largest absolute Gasteiger partial charge is 0.469 e. The van der Waals surface area contributed by atoms with Gasteiger partial charge in [-0.2, -0.15) is 0 Å². The van der Waals surface area contributed by atoms with Crippen LogP contribution in [0.3, 0.4) is 0 Å². The third-order valence-electron chi connectivity index (χ3n) is 7.02. The van der Waals surface area contributed by atoms with Gasteiger partial charge in [0.2, 0.25) is 0 Å². The molecule has 0 unspecified atom stereocenters. The fraction of sp³-hybridized carbons (Fsp3) is 0.571. The summed E-state index contributed by atoms with van der Waals surface area (Å²) in [7, 11) is 1.43. The average Bonchev–Trinajstić information content (AvgIpc) is 3.05. The van der Waals surface area contributed by atoms with E-state index in [-0.39, 0.29) is 30.2 Å². The Labute approximate surface area is 165 Å². The minimum atomic E-state index is -0.568. The van der Waals surface area contributed by atoms with E-state index in [0.29, 0.717) is 18.4 Å². The van der Waals surface area contributed by atoms with Gasteiger partial charge in [-0.15, -0.1) is 12.4 Å². The highest BCUT2D eigenvalue weighted by molar-refractivity contribution is 5.85. The molecule has 2 N–H and O–H groups in total. The van der Waals surface area contributed by atoms with E-state index in [1.165, 1.54) is 29.3 Å². The lowest BCUT2D eigenvalue weighted by atomic mass is 9.65. The first-order valence-corrected chi connectivity index (χ1v) is 9.76. The number of methoxy groups -OCH3 is 1. The first kappa shape index (κ1) is 18.8. The lowest BCUT2D eigenvalue weighted by Crippen LogP contribution is -2.53. The number of rotatable bonds is 1. The number of carbonyl (C=O) groups excluding carboxylic acids is 1. The van der Waals surface area contributed by atoms with Gasteiger partial charge in [-0.3, -0.25) is 9.69 Å². The number of nitrogens with one attached hydrogen (secondary N) is 1. The Kier molecular flexibility index (Phi) is 4.95. The molecule has 0 amide bonds. The molecule has 3 heterocycles. The number of fused-ring (bicyclic) bond motifs is 6. The second-order valence-electron chi connectivity index (χ2n) is 8.18. The van der Waals surface area contributed by atoms with E-state index < -0.39 is 6.10 Å². The molecule has 2 fully saturated rings. The molecule has 0 spiro atoms. The smallest absolute Gasteiger partial charge is 0.311 e. The van der Waals surface area contributed by atoms with Crippen LogP contribution in [0.1, 0.15) is 36.6 Å². The summed E-state index contributed by atoms with van der Waals surface area (Å²) in [5.74, 6) is 0.0541. The minimum absolute atomic E-state index is 0. The van der Waals surface area contributed by atoms with Crippen molar-refractivity contribution < 1.29 is 14.6 Å². The first-order valence-electron chi connectivity index (χ1n) is 9.76. The number of esters is 1. The molecule has 1 saturated carbocycles. The van der Waals surface area contributed by atoms with Crippen molar-refractivity contribution in [3.8, 4) is 0 Å². The third kappa shape index (κ3) is 2.87. The van der Waals surface area contributed by atoms with Gasteiger partial charge in [-0.05, 0) is 49.1 Å². The van der Waals surface area contributed by atoms with Crippen molar-refractivity contribution >= 4 is 29.3 Å². The molecule has 3 aliphatic rings. The van der Waals surface area contributed by atoms with Gasteiger partial charge in [-0.1, -0.05) is 18.2 Å². The van der Waals surface area contributed by atoms with Crippen molar-refractivity contribution in [2.45, 2.75) is 37.8 Å². The molecule has 1 aromatic heterocycles. The van der Waals surface area contributed by atoms with Gasteiger partial charge in [0.05, 0.1) is 25.2 Å². The highest BCUT2D eigenvalue weighted by Crippen LogP contribution is 2.49. The zero-order valence-corrected chi connectivity index (χ0v) is 16.4. The second kappa shape index (κ2) is 7.12. The van der Waals surface area contributed by atoms with Crippen LogP contribution >= 0.6 is 12.4 Å². The average molecular weight is 391 g/mol. The van der Waals surface area contributed by atoms with Gasteiger partial charge >= 0.3 is 5.97 Å². The standard InChI is InChI=1S/C21H26N2O3.ClH/c1-26-21(25)19-15-10-17-20-14(13-4-2-3-5-16(13)22-20)8-9-23(17)11-12(15)6-7-18(19)24;/h2-5,12,15,17-19,22,24H,6-11H2,1H3;1H/t12-,15+,17-,18+,19-;/m1./s1. The van der Waals surface area contributed by atoms with Crippen LogP contribution in [-0.2, 0) is 16.0 Å². The molecule has 2 aromatic rings. The molecule has 0 bridgehead atoms. The number of carbonyl (C=O) groups is 1. The lowest BCUT2D eigenvalue weighted by molar-refractivity contribution is -0.160. The van der Waals surface area contributed by atoms with Crippen LogP contribution in [-0.4, -0.2) is 47.3 Å². The molecule has 1 aliphatic carbocycles. The van der Waals surface area contributed by atoms with Crippen LogP contribution in [0, 0.1) is 17.8 Å². The summed E-state index contributed by atoms with van der Waals surface area (Å²) in [4.78, 5) is 18.6. The number of hydrogen-bond donors (Lipinski definition) is 2. The van der Waals surface area contributed by atoms with Crippen LogP contribution in [0.5, 0.6) is 0 Å². The molecule has 5 rings (SSSR count). The third-order valence-corrected chi connectivity index (χ3v) is 7.02. The van der Waals surface area contributed by atoms with Crippen molar-refractivity contribution in [1.29, 1.82) is 0 Å². The molecule has 1 saturated heterocycles. The van der Waals surface area contributed by atoms with Gasteiger partial charge in [0, 0.05) is 29.7 Å². The predicted molar refractivity (Wildman–Crippen MR) is 106 cm³/mol. The van der Waals surface area contributed by atoms with E-state index in [9.17, 15) is 9.90 Å². The summed E-state index contributed by atoms with van der Waals surface area (Å²) in [5.41, 5.74) is 3.96. The maximum Gasteiger partial charge on any atom is 0.311 e. The molecule has 1 aromatic carbocycles. The maximum atomic E-state index is 12.4. The van der Waals surface area contributed by atoms with Crippen LogP contribution < -0.4 is 0 Å². The highest BCUT2D eigenvalue weighted by Gasteiger charge is 2.49. The summed E-state index contributed by atoms with van der Waals surface area (Å²) in [6.07, 6.45) is 3.14. The van der Waals surface area contributed by atoms with E-state index >= 15 is 0 Å². The Morgan fingerprint density at radius 3 is 2.93 bits per heavy atom. The van der Waals surface area contributed by atoms with Gasteiger partial charge < -0.3 is 14.8 Å². The number of aromatic nitrogens is 1. The molecule has 146 valence electrons. The number of ether oxygens (including phenoxy) is 1. The van der Waals surface area contributed by atoms with Crippen molar-refractivity contribution in [2.24, 2.45) is 17.8 Å². The normalized spacial score (nSPS) is 32.7. The quantitative estimate of drug-likeness (QED) is 0.734. The van der Waals surface area contributed by atoms with Crippen LogP contribution in [0.25, 0.3) is 10.9 Å². The number of aliphatic hydroxyl groups excluding tert-OH is 1. The molecule has 5 nitrogen and oxygen atoms in total. The summed E-state index contributed by atoms with van der Waals surface area (Å²) in [6.45, 7) is 2.10. The molecule has 2 aliphatic heterocycles. The number of H-pyrrole nitrogens is 1. The summed E-state index contributed by atoms with van der Waals surface area (Å²) in [6, 6.07) is 8.83. The van der Waals surface area contributed by atoms with Crippen molar-refractivity contribution in [1.82, 2.24) is 9.88 Å². The number of hydrogen-bond acceptors (Lipinski definition) is 4. The number of piperidine rings is 1. The van der Waals surface area contributed by atoms with Gasteiger partial charge in [-0.25, -0.2) is 0 Å². The maximum absolute atomic E-state index is 12.4. The number of nitrogens with zero attached hydrogens (tertiary/aromatic N) is 1. The predicted octanol–water partition coefficient (Wildman–Crippen LogP) is 3.07. The van der Waals surface area contributed by atoms with E-state index in [1.807, 2.05) is 0 Å². The molecular formula is C21H27ClN2O3. The van der Waals surface area contributed by atoms with Crippen molar-refractivity contribution in [3.63, 3.8) is 0 Å². The Morgan fingerprint density at radius 2 is 2.11 bits per heavy atom. The van der Waals surface area contributed by atoms with E-state index in [4.69, 9.17) is 4.74 Å². The van der Waals surface area contributed by atoms with Crippen LogP contribution in [0.2, 0.25) is 0 Å². The lowest BCUT2D eigenvalue weighted by Gasteiger charge is -2.50. The Balaban J connectivity index is 0.00000180. The van der Waals surface area contributed by atoms with E-state index in [2.05, 4.69) is 34.1 Å². The van der Waals surface area contributed by atoms with E-state index in [0.717, 1.165) is 32.4 Å². The minimum Gasteiger partial charge on any atom is -0.469 e. The molecule has 0 radical (unpaired) electrons. The van der Waals surface area contributed by atoms with Crippen molar-refractivity contribution in [2.75, 3.05) is 20.2 Å². The summed E-state index contributed by atoms with van der Waals surface area (Å²) >= 11 is 0. The zero-order valence-electron chi connectivity index (χ0n) is 15.6. The Bertz CT molecular complexity index is 851.